The van der Waals surface area contributed by atoms with Crippen LogP contribution in [0, 0.1) is 0 Å². The Balaban J connectivity index is 2.30. The summed E-state index contributed by atoms with van der Waals surface area (Å²) in [6.07, 6.45) is 0.893. The first-order valence-corrected chi connectivity index (χ1v) is 6.13. The first kappa shape index (κ1) is 15.2. The average Bonchev–Trinajstić information content (AvgIpc) is 2.81. The summed E-state index contributed by atoms with van der Waals surface area (Å²) in [4.78, 5) is 23.1. The van der Waals surface area contributed by atoms with E-state index in [9.17, 15) is 14.7 Å². The van der Waals surface area contributed by atoms with Crippen LogP contribution in [0.1, 0.15) is 37.7 Å². The van der Waals surface area contributed by atoms with Crippen LogP contribution in [0.15, 0.2) is 22.8 Å². The van der Waals surface area contributed by atoms with Gasteiger partial charge in [-0.3, -0.25) is 9.59 Å². The number of aliphatic hydroxyl groups excluding tert-OH is 1. The van der Waals surface area contributed by atoms with E-state index < -0.39 is 11.6 Å². The highest BCUT2D eigenvalue weighted by atomic mass is 16.3. The predicted molar refractivity (Wildman–Crippen MR) is 69.6 cm³/mol. The number of furan rings is 1. The third-order valence-corrected chi connectivity index (χ3v) is 2.89. The SMILES string of the molecule is CC(O)C(C)(C)NC(=O)CCNC(=O)c1ccco1. The van der Waals surface area contributed by atoms with Crippen LogP contribution in [0.2, 0.25) is 0 Å². The average molecular weight is 268 g/mol. The Labute approximate surface area is 112 Å². The normalized spacial score (nSPS) is 12.8. The first-order chi connectivity index (χ1) is 8.83. The molecule has 1 aromatic rings. The summed E-state index contributed by atoms with van der Waals surface area (Å²) < 4.78 is 4.92. The van der Waals surface area contributed by atoms with Gasteiger partial charge in [-0.25, -0.2) is 0 Å². The van der Waals surface area contributed by atoms with Gasteiger partial charge in [0.15, 0.2) is 5.76 Å². The molecule has 0 aliphatic carbocycles. The van der Waals surface area contributed by atoms with E-state index in [0.717, 1.165) is 0 Å². The van der Waals surface area contributed by atoms with Gasteiger partial charge >= 0.3 is 0 Å². The van der Waals surface area contributed by atoms with Crippen molar-refractivity contribution in [3.63, 3.8) is 0 Å². The molecule has 2 amide bonds. The van der Waals surface area contributed by atoms with Crippen LogP contribution in [0.4, 0.5) is 0 Å². The van der Waals surface area contributed by atoms with E-state index in [-0.39, 0.29) is 30.5 Å². The van der Waals surface area contributed by atoms with Gasteiger partial charge in [0.1, 0.15) is 0 Å². The molecule has 0 aliphatic heterocycles. The second-order valence-corrected chi connectivity index (χ2v) is 4.93. The number of aliphatic hydroxyl groups is 1. The summed E-state index contributed by atoms with van der Waals surface area (Å²) in [5.74, 6) is -0.372. The van der Waals surface area contributed by atoms with E-state index in [0.29, 0.717) is 0 Å². The van der Waals surface area contributed by atoms with Crippen molar-refractivity contribution in [2.75, 3.05) is 6.54 Å². The number of nitrogens with one attached hydrogen (secondary N) is 2. The number of amides is 2. The van der Waals surface area contributed by atoms with Crippen LogP contribution < -0.4 is 10.6 Å². The van der Waals surface area contributed by atoms with Crippen LogP contribution >= 0.6 is 0 Å². The number of hydrogen-bond acceptors (Lipinski definition) is 4. The van der Waals surface area contributed by atoms with Crippen LogP contribution in [0.5, 0.6) is 0 Å². The number of hydrogen-bond donors (Lipinski definition) is 3. The highest BCUT2D eigenvalue weighted by Gasteiger charge is 2.25. The fourth-order valence-corrected chi connectivity index (χ4v) is 1.31. The standard InChI is InChI=1S/C13H20N2O4/c1-9(16)13(2,3)15-11(17)6-7-14-12(18)10-5-4-8-19-10/h4-5,8-9,16H,6-7H2,1-3H3,(H,14,18)(H,15,17). The molecule has 0 spiro atoms. The Hall–Kier alpha value is -1.82. The monoisotopic (exact) mass is 268 g/mol. The maximum absolute atomic E-state index is 11.6. The minimum Gasteiger partial charge on any atom is -0.459 e. The number of carbonyl (C=O) groups is 2. The zero-order valence-electron chi connectivity index (χ0n) is 11.4. The van der Waals surface area contributed by atoms with Gasteiger partial charge in [-0.15, -0.1) is 0 Å². The lowest BCUT2D eigenvalue weighted by molar-refractivity contribution is -0.123. The van der Waals surface area contributed by atoms with Gasteiger partial charge in [0.05, 0.1) is 17.9 Å². The molecule has 1 aromatic heterocycles. The molecule has 1 unspecified atom stereocenters. The topological polar surface area (TPSA) is 91.6 Å². The highest BCUT2D eigenvalue weighted by Crippen LogP contribution is 2.08. The Morgan fingerprint density at radius 3 is 2.68 bits per heavy atom. The number of carbonyl (C=O) groups excluding carboxylic acids is 2. The first-order valence-electron chi connectivity index (χ1n) is 6.13. The molecule has 0 saturated heterocycles. The molecule has 106 valence electrons. The van der Waals surface area contributed by atoms with Crippen LogP contribution in [0.25, 0.3) is 0 Å². The molecule has 1 rings (SSSR count). The third kappa shape index (κ3) is 4.75. The molecule has 19 heavy (non-hydrogen) atoms. The maximum Gasteiger partial charge on any atom is 0.286 e. The van der Waals surface area contributed by atoms with E-state index in [1.54, 1.807) is 32.9 Å². The van der Waals surface area contributed by atoms with Crippen LogP contribution in [-0.2, 0) is 4.79 Å². The van der Waals surface area contributed by atoms with E-state index in [1.165, 1.54) is 6.26 Å². The van der Waals surface area contributed by atoms with Crippen molar-refractivity contribution >= 4 is 11.8 Å². The van der Waals surface area contributed by atoms with E-state index in [4.69, 9.17) is 4.42 Å². The summed E-state index contributed by atoms with van der Waals surface area (Å²) in [7, 11) is 0. The summed E-state index contributed by atoms with van der Waals surface area (Å²) in [6, 6.07) is 3.17. The third-order valence-electron chi connectivity index (χ3n) is 2.89. The molecule has 0 aliphatic rings. The van der Waals surface area contributed by atoms with Crippen LogP contribution in [-0.4, -0.2) is 35.1 Å². The molecular formula is C13H20N2O4. The molecule has 1 heterocycles. The van der Waals surface area contributed by atoms with Crippen molar-refractivity contribution in [2.45, 2.75) is 38.8 Å². The van der Waals surface area contributed by atoms with Gasteiger partial charge in [0.25, 0.3) is 5.91 Å². The van der Waals surface area contributed by atoms with E-state index in [1.807, 2.05) is 0 Å². The molecule has 3 N–H and O–H groups in total. The Bertz CT molecular complexity index is 424. The van der Waals surface area contributed by atoms with Gasteiger partial charge in [0.2, 0.25) is 5.91 Å². The second-order valence-electron chi connectivity index (χ2n) is 4.93. The molecule has 6 heteroatoms. The van der Waals surface area contributed by atoms with Crippen molar-refractivity contribution in [1.29, 1.82) is 0 Å². The summed E-state index contributed by atoms with van der Waals surface area (Å²) in [6.45, 7) is 5.29. The van der Waals surface area contributed by atoms with Crippen molar-refractivity contribution in [2.24, 2.45) is 0 Å². The van der Waals surface area contributed by atoms with Gasteiger partial charge in [0, 0.05) is 13.0 Å². The van der Waals surface area contributed by atoms with Crippen molar-refractivity contribution in [3.05, 3.63) is 24.2 Å². The molecule has 0 fully saturated rings. The zero-order valence-corrected chi connectivity index (χ0v) is 11.4. The predicted octanol–water partition coefficient (Wildman–Crippen LogP) is 0.675. The molecule has 1 atom stereocenters. The highest BCUT2D eigenvalue weighted by molar-refractivity contribution is 5.91. The fourth-order valence-electron chi connectivity index (χ4n) is 1.31. The molecule has 0 saturated carbocycles. The van der Waals surface area contributed by atoms with Crippen LogP contribution in [0.3, 0.4) is 0 Å². The molecule has 0 bridgehead atoms. The quantitative estimate of drug-likeness (QED) is 0.707. The van der Waals surface area contributed by atoms with E-state index >= 15 is 0 Å². The van der Waals surface area contributed by atoms with Gasteiger partial charge in [-0.1, -0.05) is 0 Å². The minimum absolute atomic E-state index is 0.141. The van der Waals surface area contributed by atoms with Gasteiger partial charge < -0.3 is 20.2 Å². The van der Waals surface area contributed by atoms with Crippen molar-refractivity contribution in [3.8, 4) is 0 Å². The lowest BCUT2D eigenvalue weighted by atomic mass is 9.98. The summed E-state index contributed by atoms with van der Waals surface area (Å²) >= 11 is 0. The lowest BCUT2D eigenvalue weighted by Gasteiger charge is -2.29. The maximum atomic E-state index is 11.6. The second kappa shape index (κ2) is 6.38. The molecule has 6 nitrogen and oxygen atoms in total. The number of rotatable bonds is 6. The molecule has 0 radical (unpaired) electrons. The Kier molecular flexibility index (Phi) is 5.11. The van der Waals surface area contributed by atoms with Crippen molar-refractivity contribution < 1.29 is 19.1 Å². The largest absolute Gasteiger partial charge is 0.459 e. The Morgan fingerprint density at radius 1 is 1.47 bits per heavy atom. The fraction of sp³-hybridized carbons (Fsp3) is 0.538. The molecular weight excluding hydrogens is 248 g/mol. The van der Waals surface area contributed by atoms with Gasteiger partial charge in [-0.05, 0) is 32.9 Å². The molecule has 0 aromatic carbocycles. The Morgan fingerprint density at radius 2 is 2.16 bits per heavy atom. The summed E-state index contributed by atoms with van der Waals surface area (Å²) in [5.41, 5.74) is -0.692. The lowest BCUT2D eigenvalue weighted by Crippen LogP contribution is -2.51. The van der Waals surface area contributed by atoms with E-state index in [2.05, 4.69) is 10.6 Å². The minimum atomic E-state index is -0.692. The zero-order chi connectivity index (χ0) is 14.5. The van der Waals surface area contributed by atoms with Gasteiger partial charge in [-0.2, -0.15) is 0 Å². The smallest absolute Gasteiger partial charge is 0.286 e. The summed E-state index contributed by atoms with van der Waals surface area (Å²) in [5, 5.41) is 14.7. The van der Waals surface area contributed by atoms with Crippen molar-refractivity contribution in [1.82, 2.24) is 10.6 Å².